The number of benzene rings is 1. The van der Waals surface area contributed by atoms with Crippen molar-refractivity contribution in [1.29, 1.82) is 0 Å². The molecule has 1 heterocycles. The minimum Gasteiger partial charge on any atom is -0.342 e. The Morgan fingerprint density at radius 3 is 2.73 bits per heavy atom. The van der Waals surface area contributed by atoms with Crippen LogP contribution in [0.5, 0.6) is 0 Å². The third kappa shape index (κ3) is 2.00. The zero-order valence-electron chi connectivity index (χ0n) is 9.05. The Bertz CT molecular complexity index is 458. The monoisotopic (exact) mass is 222 g/mol. The van der Waals surface area contributed by atoms with Crippen LogP contribution in [0.1, 0.15) is 38.4 Å². The molecule has 80 valence electrons. The maximum atomic E-state index is 5.93. The van der Waals surface area contributed by atoms with E-state index in [9.17, 15) is 0 Å². The van der Waals surface area contributed by atoms with Crippen LogP contribution < -0.4 is 0 Å². The molecule has 0 saturated carbocycles. The molecule has 2 rings (SSSR count). The van der Waals surface area contributed by atoms with Gasteiger partial charge in [-0.2, -0.15) is 0 Å². The van der Waals surface area contributed by atoms with Gasteiger partial charge in [0.2, 0.25) is 0 Å². The molecular weight excluding hydrogens is 208 g/mol. The van der Waals surface area contributed by atoms with Gasteiger partial charge in [0.1, 0.15) is 5.82 Å². The van der Waals surface area contributed by atoms with Crippen LogP contribution in [0.3, 0.4) is 0 Å². The van der Waals surface area contributed by atoms with E-state index in [0.29, 0.717) is 5.92 Å². The quantitative estimate of drug-likeness (QED) is 0.832. The summed E-state index contributed by atoms with van der Waals surface area (Å²) < 4.78 is 0. The van der Waals surface area contributed by atoms with Gasteiger partial charge in [0.15, 0.2) is 0 Å². The highest BCUT2D eigenvalue weighted by Crippen LogP contribution is 2.24. The first-order valence-electron chi connectivity index (χ1n) is 5.39. The van der Waals surface area contributed by atoms with Crippen molar-refractivity contribution in [3.8, 4) is 0 Å². The number of imidazole rings is 1. The van der Waals surface area contributed by atoms with Crippen molar-refractivity contribution in [2.24, 2.45) is 0 Å². The summed E-state index contributed by atoms with van der Waals surface area (Å²) in [6, 6.07) is 5.76. The average molecular weight is 223 g/mol. The smallest absolute Gasteiger partial charge is 0.110 e. The first-order chi connectivity index (χ1) is 7.24. The molecule has 0 saturated heterocycles. The SMILES string of the molecule is CCC(CC)c1nc2ccc(Cl)cc2[nH]1. The maximum Gasteiger partial charge on any atom is 0.110 e. The average Bonchev–Trinajstić information content (AvgIpc) is 2.62. The fourth-order valence-corrected chi connectivity index (χ4v) is 2.04. The van der Waals surface area contributed by atoms with E-state index in [1.54, 1.807) is 0 Å². The van der Waals surface area contributed by atoms with E-state index in [2.05, 4.69) is 23.8 Å². The number of nitrogens with one attached hydrogen (secondary N) is 1. The maximum absolute atomic E-state index is 5.93. The molecule has 0 unspecified atom stereocenters. The molecule has 1 aromatic carbocycles. The third-order valence-electron chi connectivity index (χ3n) is 2.83. The predicted molar refractivity (Wildman–Crippen MR) is 64.4 cm³/mol. The van der Waals surface area contributed by atoms with E-state index >= 15 is 0 Å². The molecule has 1 aromatic heterocycles. The molecule has 2 nitrogen and oxygen atoms in total. The lowest BCUT2D eigenvalue weighted by Gasteiger charge is -2.07. The Morgan fingerprint density at radius 2 is 2.07 bits per heavy atom. The second-order valence-electron chi connectivity index (χ2n) is 3.80. The van der Waals surface area contributed by atoms with Gasteiger partial charge in [0.25, 0.3) is 0 Å². The van der Waals surface area contributed by atoms with Gasteiger partial charge >= 0.3 is 0 Å². The summed E-state index contributed by atoms with van der Waals surface area (Å²) in [6.07, 6.45) is 2.23. The topological polar surface area (TPSA) is 28.7 Å². The number of fused-ring (bicyclic) bond motifs is 1. The number of nitrogens with zero attached hydrogens (tertiary/aromatic N) is 1. The van der Waals surface area contributed by atoms with E-state index in [1.807, 2.05) is 18.2 Å². The summed E-state index contributed by atoms with van der Waals surface area (Å²) in [4.78, 5) is 7.92. The lowest BCUT2D eigenvalue weighted by molar-refractivity contribution is 0.611. The van der Waals surface area contributed by atoms with Crippen molar-refractivity contribution in [2.45, 2.75) is 32.6 Å². The fourth-order valence-electron chi connectivity index (χ4n) is 1.87. The Kier molecular flexibility index (Phi) is 2.96. The Balaban J connectivity index is 2.46. The van der Waals surface area contributed by atoms with Crippen LogP contribution in [0.2, 0.25) is 5.02 Å². The van der Waals surface area contributed by atoms with Gasteiger partial charge < -0.3 is 4.98 Å². The molecule has 0 aliphatic carbocycles. The number of halogens is 1. The summed E-state index contributed by atoms with van der Waals surface area (Å²) in [6.45, 7) is 4.38. The van der Waals surface area contributed by atoms with Crippen LogP contribution in [-0.4, -0.2) is 9.97 Å². The molecule has 0 fully saturated rings. The minimum atomic E-state index is 0.524. The number of hydrogen-bond acceptors (Lipinski definition) is 1. The van der Waals surface area contributed by atoms with Crippen LogP contribution in [0.4, 0.5) is 0 Å². The molecule has 1 N–H and O–H groups in total. The van der Waals surface area contributed by atoms with Crippen molar-refractivity contribution in [3.05, 3.63) is 29.0 Å². The molecular formula is C12H15ClN2. The summed E-state index contributed by atoms with van der Waals surface area (Å²) in [5.41, 5.74) is 2.03. The van der Waals surface area contributed by atoms with Crippen molar-refractivity contribution < 1.29 is 0 Å². The highest BCUT2D eigenvalue weighted by atomic mass is 35.5. The van der Waals surface area contributed by atoms with Crippen LogP contribution in [0, 0.1) is 0 Å². The van der Waals surface area contributed by atoms with Gasteiger partial charge in [-0.15, -0.1) is 0 Å². The molecule has 0 atom stereocenters. The normalized spacial score (nSPS) is 11.5. The van der Waals surface area contributed by atoms with E-state index in [4.69, 9.17) is 11.6 Å². The summed E-state index contributed by atoms with van der Waals surface area (Å²) >= 11 is 5.93. The summed E-state index contributed by atoms with van der Waals surface area (Å²) in [5.74, 6) is 1.61. The van der Waals surface area contributed by atoms with E-state index in [1.165, 1.54) is 0 Å². The van der Waals surface area contributed by atoms with Gasteiger partial charge in [0.05, 0.1) is 11.0 Å². The van der Waals surface area contributed by atoms with Crippen LogP contribution in [0.15, 0.2) is 18.2 Å². The Morgan fingerprint density at radius 1 is 1.33 bits per heavy atom. The van der Waals surface area contributed by atoms with Gasteiger partial charge in [-0.05, 0) is 31.0 Å². The molecule has 0 amide bonds. The molecule has 0 bridgehead atoms. The lowest BCUT2D eigenvalue weighted by atomic mass is 10.0. The summed E-state index contributed by atoms with van der Waals surface area (Å²) in [5, 5.41) is 0.752. The molecule has 0 radical (unpaired) electrons. The Labute approximate surface area is 94.7 Å². The number of aromatic amines is 1. The summed E-state index contributed by atoms with van der Waals surface area (Å²) in [7, 11) is 0. The van der Waals surface area contributed by atoms with Gasteiger partial charge in [0, 0.05) is 10.9 Å². The zero-order chi connectivity index (χ0) is 10.8. The molecule has 3 heteroatoms. The third-order valence-corrected chi connectivity index (χ3v) is 3.07. The van der Waals surface area contributed by atoms with Crippen LogP contribution in [0.25, 0.3) is 11.0 Å². The van der Waals surface area contributed by atoms with Crippen molar-refractivity contribution in [2.75, 3.05) is 0 Å². The standard InChI is InChI=1S/C12H15ClN2/c1-3-8(4-2)12-14-10-6-5-9(13)7-11(10)15-12/h5-8H,3-4H2,1-2H3,(H,14,15). The predicted octanol–water partition coefficient (Wildman–Crippen LogP) is 4.12. The second-order valence-corrected chi connectivity index (χ2v) is 4.23. The van der Waals surface area contributed by atoms with Crippen molar-refractivity contribution >= 4 is 22.6 Å². The number of hydrogen-bond donors (Lipinski definition) is 1. The zero-order valence-corrected chi connectivity index (χ0v) is 9.80. The van der Waals surface area contributed by atoms with Crippen LogP contribution in [-0.2, 0) is 0 Å². The Hall–Kier alpha value is -1.02. The van der Waals surface area contributed by atoms with E-state index in [0.717, 1.165) is 34.7 Å². The van der Waals surface area contributed by atoms with Crippen molar-refractivity contribution in [3.63, 3.8) is 0 Å². The highest BCUT2D eigenvalue weighted by Gasteiger charge is 2.11. The number of rotatable bonds is 3. The molecule has 0 spiro atoms. The van der Waals surface area contributed by atoms with Gasteiger partial charge in [-0.1, -0.05) is 25.4 Å². The molecule has 15 heavy (non-hydrogen) atoms. The molecule has 2 aromatic rings. The minimum absolute atomic E-state index is 0.524. The lowest BCUT2D eigenvalue weighted by Crippen LogP contribution is -1.97. The van der Waals surface area contributed by atoms with Gasteiger partial charge in [-0.3, -0.25) is 0 Å². The first-order valence-corrected chi connectivity index (χ1v) is 5.77. The van der Waals surface area contributed by atoms with Crippen LogP contribution >= 0.6 is 11.6 Å². The van der Waals surface area contributed by atoms with E-state index < -0.39 is 0 Å². The second kappa shape index (κ2) is 4.23. The molecule has 0 aliphatic heterocycles. The highest BCUT2D eigenvalue weighted by molar-refractivity contribution is 6.31. The first kappa shape index (κ1) is 10.5. The van der Waals surface area contributed by atoms with Gasteiger partial charge in [-0.25, -0.2) is 4.98 Å². The fraction of sp³-hybridized carbons (Fsp3) is 0.417. The largest absolute Gasteiger partial charge is 0.342 e. The number of H-pyrrole nitrogens is 1. The molecule has 0 aliphatic rings. The van der Waals surface area contributed by atoms with Crippen molar-refractivity contribution in [1.82, 2.24) is 9.97 Å². The van der Waals surface area contributed by atoms with E-state index in [-0.39, 0.29) is 0 Å². The number of aromatic nitrogens is 2.